The zero-order chi connectivity index (χ0) is 19.3. The van der Waals surface area contributed by atoms with Crippen molar-refractivity contribution in [3.63, 3.8) is 0 Å². The zero-order valence-electron chi connectivity index (χ0n) is 16.5. The molecule has 2 aromatic rings. The summed E-state index contributed by atoms with van der Waals surface area (Å²) in [7, 11) is 0. The van der Waals surface area contributed by atoms with E-state index in [1.807, 2.05) is 36.1 Å². The normalized spacial score (nSPS) is 19.6. The summed E-state index contributed by atoms with van der Waals surface area (Å²) in [5.41, 5.74) is 4.57. The Morgan fingerprint density at radius 1 is 1.04 bits per heavy atom. The number of amides is 1. The molecular weight excluding hydrogens is 348 g/mol. The summed E-state index contributed by atoms with van der Waals surface area (Å²) in [6, 6.07) is 18.5. The molecule has 0 saturated heterocycles. The fraction of sp³-hybridized carbons (Fsp3) is 0.375. The maximum Gasteiger partial charge on any atom is 0.256 e. The van der Waals surface area contributed by atoms with E-state index < -0.39 is 0 Å². The van der Waals surface area contributed by atoms with Crippen LogP contribution in [0.25, 0.3) is 5.57 Å². The van der Waals surface area contributed by atoms with E-state index in [9.17, 15) is 4.79 Å². The monoisotopic (exact) mass is 376 g/mol. The number of hydrogen-bond acceptors (Lipinski definition) is 3. The van der Waals surface area contributed by atoms with Gasteiger partial charge in [-0.25, -0.2) is 0 Å². The predicted octanol–water partition coefficient (Wildman–Crippen LogP) is 4.36. The first-order valence-corrected chi connectivity index (χ1v) is 10.3. The lowest BCUT2D eigenvalue weighted by molar-refractivity contribution is -0.0350. The molecule has 28 heavy (non-hydrogen) atoms. The number of fused-ring (bicyclic) bond motifs is 1. The fourth-order valence-corrected chi connectivity index (χ4v) is 4.19. The number of benzene rings is 2. The van der Waals surface area contributed by atoms with Crippen LogP contribution in [0.2, 0.25) is 0 Å². The van der Waals surface area contributed by atoms with Gasteiger partial charge in [0.05, 0.1) is 0 Å². The molecule has 1 amide bonds. The Morgan fingerprint density at radius 3 is 2.57 bits per heavy atom. The van der Waals surface area contributed by atoms with Gasteiger partial charge in [-0.2, -0.15) is 0 Å². The van der Waals surface area contributed by atoms with E-state index in [0.29, 0.717) is 6.61 Å². The van der Waals surface area contributed by atoms with Crippen molar-refractivity contribution in [2.24, 2.45) is 0 Å². The molecule has 2 heterocycles. The molecule has 2 aromatic carbocycles. The smallest absolute Gasteiger partial charge is 0.256 e. The average molecular weight is 377 g/mol. The molecular formula is C24H28N2O2. The Hall–Kier alpha value is -2.43. The lowest BCUT2D eigenvalue weighted by atomic mass is 9.99. The van der Waals surface area contributed by atoms with Gasteiger partial charge < -0.3 is 9.64 Å². The molecule has 4 nitrogen and oxygen atoms in total. The van der Waals surface area contributed by atoms with Crippen molar-refractivity contribution in [3.05, 3.63) is 77.4 Å². The molecule has 1 unspecified atom stereocenters. The van der Waals surface area contributed by atoms with Crippen LogP contribution in [0, 0.1) is 0 Å². The summed E-state index contributed by atoms with van der Waals surface area (Å²) >= 11 is 0. The van der Waals surface area contributed by atoms with Gasteiger partial charge in [0.15, 0.2) is 6.23 Å². The molecule has 0 fully saturated rings. The molecule has 0 spiro atoms. The van der Waals surface area contributed by atoms with Crippen molar-refractivity contribution in [3.8, 4) is 0 Å². The zero-order valence-corrected chi connectivity index (χ0v) is 16.5. The average Bonchev–Trinajstić information content (AvgIpc) is 3.01. The summed E-state index contributed by atoms with van der Waals surface area (Å²) < 4.78 is 5.90. The number of carbonyl (C=O) groups is 1. The second-order valence-electron chi connectivity index (χ2n) is 7.39. The highest BCUT2D eigenvalue weighted by atomic mass is 16.5. The van der Waals surface area contributed by atoms with Gasteiger partial charge in [0.25, 0.3) is 5.91 Å². The van der Waals surface area contributed by atoms with Gasteiger partial charge in [0, 0.05) is 43.9 Å². The lowest BCUT2D eigenvalue weighted by Crippen LogP contribution is -2.35. The first-order chi connectivity index (χ1) is 13.8. The van der Waals surface area contributed by atoms with Crippen LogP contribution in [0.1, 0.15) is 47.5 Å². The van der Waals surface area contributed by atoms with Gasteiger partial charge in [-0.3, -0.25) is 9.69 Å². The minimum atomic E-state index is -0.236. The van der Waals surface area contributed by atoms with Crippen molar-refractivity contribution in [2.75, 3.05) is 32.8 Å². The maximum atomic E-state index is 12.8. The van der Waals surface area contributed by atoms with E-state index in [1.54, 1.807) is 0 Å². The highest BCUT2D eigenvalue weighted by Crippen LogP contribution is 2.34. The van der Waals surface area contributed by atoms with Crippen molar-refractivity contribution in [1.29, 1.82) is 0 Å². The van der Waals surface area contributed by atoms with E-state index >= 15 is 0 Å². The summed E-state index contributed by atoms with van der Waals surface area (Å²) in [4.78, 5) is 17.1. The molecule has 4 heteroatoms. The van der Waals surface area contributed by atoms with Gasteiger partial charge in [-0.15, -0.1) is 0 Å². The molecule has 0 bridgehead atoms. The highest BCUT2D eigenvalue weighted by Gasteiger charge is 2.36. The summed E-state index contributed by atoms with van der Waals surface area (Å²) in [6.45, 7) is 6.36. The van der Waals surface area contributed by atoms with Crippen LogP contribution in [0.5, 0.6) is 0 Å². The lowest BCUT2D eigenvalue weighted by Gasteiger charge is -2.29. The molecule has 0 N–H and O–H groups in total. The second kappa shape index (κ2) is 8.72. The van der Waals surface area contributed by atoms with E-state index in [-0.39, 0.29) is 12.1 Å². The number of ether oxygens (including phenoxy) is 1. The standard InChI is InChI=1S/C24H28N2O2/c1-2-28-24-22-12-7-6-11-21(22)23(27)26(24)16-8-15-25-17-13-20(14-18-25)19-9-4-3-5-10-19/h3-7,9-13,24H,2,8,14-18H2,1H3. The van der Waals surface area contributed by atoms with Crippen LogP contribution in [-0.4, -0.2) is 48.5 Å². The molecule has 146 valence electrons. The van der Waals surface area contributed by atoms with Crippen LogP contribution < -0.4 is 0 Å². The Balaban J connectivity index is 1.32. The van der Waals surface area contributed by atoms with E-state index in [1.165, 1.54) is 11.1 Å². The van der Waals surface area contributed by atoms with E-state index in [2.05, 4.69) is 41.3 Å². The first kappa shape index (κ1) is 18.9. The van der Waals surface area contributed by atoms with E-state index in [0.717, 1.165) is 50.1 Å². The van der Waals surface area contributed by atoms with Gasteiger partial charge in [-0.1, -0.05) is 54.6 Å². The maximum absolute atomic E-state index is 12.8. The fourth-order valence-electron chi connectivity index (χ4n) is 4.19. The molecule has 0 aliphatic carbocycles. The van der Waals surface area contributed by atoms with Gasteiger partial charge >= 0.3 is 0 Å². The molecule has 4 rings (SSSR count). The van der Waals surface area contributed by atoms with Crippen molar-refractivity contribution in [1.82, 2.24) is 9.80 Å². The van der Waals surface area contributed by atoms with Crippen LogP contribution in [-0.2, 0) is 4.74 Å². The molecule has 2 aliphatic rings. The molecule has 0 saturated carbocycles. The van der Waals surface area contributed by atoms with E-state index in [4.69, 9.17) is 4.74 Å². The van der Waals surface area contributed by atoms with Crippen LogP contribution in [0.4, 0.5) is 0 Å². The third-order valence-electron chi connectivity index (χ3n) is 5.64. The Morgan fingerprint density at radius 2 is 1.82 bits per heavy atom. The number of hydrogen-bond donors (Lipinski definition) is 0. The van der Waals surface area contributed by atoms with Gasteiger partial charge in [0.2, 0.25) is 0 Å². The quantitative estimate of drug-likeness (QED) is 0.720. The third-order valence-corrected chi connectivity index (χ3v) is 5.64. The topological polar surface area (TPSA) is 32.8 Å². The second-order valence-corrected chi connectivity index (χ2v) is 7.39. The van der Waals surface area contributed by atoms with Gasteiger partial charge in [-0.05, 0) is 37.0 Å². The minimum absolute atomic E-state index is 0.0963. The van der Waals surface area contributed by atoms with Crippen molar-refractivity contribution >= 4 is 11.5 Å². The largest absolute Gasteiger partial charge is 0.354 e. The molecule has 0 radical (unpaired) electrons. The minimum Gasteiger partial charge on any atom is -0.354 e. The summed E-state index contributed by atoms with van der Waals surface area (Å²) in [5, 5.41) is 0. The number of rotatable bonds is 7. The van der Waals surface area contributed by atoms with Crippen molar-refractivity contribution < 1.29 is 9.53 Å². The summed E-state index contributed by atoms with van der Waals surface area (Å²) in [6.07, 6.45) is 4.15. The molecule has 0 aromatic heterocycles. The summed E-state index contributed by atoms with van der Waals surface area (Å²) in [5.74, 6) is 0.0963. The number of carbonyl (C=O) groups excluding carboxylic acids is 1. The molecule has 1 atom stereocenters. The van der Waals surface area contributed by atoms with Crippen LogP contribution in [0.15, 0.2) is 60.7 Å². The SMILES string of the molecule is CCOC1c2ccccc2C(=O)N1CCCN1CC=C(c2ccccc2)CC1. The predicted molar refractivity (Wildman–Crippen MR) is 112 cm³/mol. The highest BCUT2D eigenvalue weighted by molar-refractivity contribution is 5.98. The van der Waals surface area contributed by atoms with Crippen LogP contribution in [0.3, 0.4) is 0 Å². The van der Waals surface area contributed by atoms with Crippen LogP contribution >= 0.6 is 0 Å². The Bertz CT molecular complexity index is 847. The first-order valence-electron chi connectivity index (χ1n) is 10.3. The molecule has 2 aliphatic heterocycles. The Kier molecular flexibility index (Phi) is 5.89. The third kappa shape index (κ3) is 3.89. The van der Waals surface area contributed by atoms with Gasteiger partial charge in [0.1, 0.15) is 0 Å². The van der Waals surface area contributed by atoms with Crippen molar-refractivity contribution in [2.45, 2.75) is 26.0 Å². The Labute approximate surface area is 167 Å². The number of nitrogens with zero attached hydrogens (tertiary/aromatic N) is 2.